The third-order valence-electron chi connectivity index (χ3n) is 4.54. The van der Waals surface area contributed by atoms with Crippen molar-refractivity contribution in [3.05, 3.63) is 47.6 Å². The molecule has 1 aliphatic carbocycles. The molecular weight excluding hydrogens is 262 g/mol. The molecule has 0 aliphatic heterocycles. The van der Waals surface area contributed by atoms with Crippen molar-refractivity contribution < 1.29 is 4.52 Å². The van der Waals surface area contributed by atoms with Crippen LogP contribution in [0.25, 0.3) is 0 Å². The van der Waals surface area contributed by atoms with Crippen molar-refractivity contribution in [1.82, 2.24) is 10.1 Å². The highest BCUT2D eigenvalue weighted by molar-refractivity contribution is 5.24. The SMILES string of the molecule is CCC(c1ccccc1)c1nc(C2(N)CCCCC2)no1. The van der Waals surface area contributed by atoms with Gasteiger partial charge in [0.1, 0.15) is 0 Å². The van der Waals surface area contributed by atoms with Crippen LogP contribution in [0.15, 0.2) is 34.9 Å². The van der Waals surface area contributed by atoms with E-state index in [2.05, 4.69) is 29.2 Å². The molecule has 4 nitrogen and oxygen atoms in total. The Morgan fingerprint density at radius 2 is 1.90 bits per heavy atom. The van der Waals surface area contributed by atoms with Crippen molar-refractivity contribution in [2.24, 2.45) is 5.73 Å². The van der Waals surface area contributed by atoms with Gasteiger partial charge < -0.3 is 10.3 Å². The van der Waals surface area contributed by atoms with E-state index < -0.39 is 5.54 Å². The van der Waals surface area contributed by atoms with Crippen LogP contribution in [0.5, 0.6) is 0 Å². The van der Waals surface area contributed by atoms with E-state index in [0.29, 0.717) is 11.7 Å². The number of hydrogen-bond acceptors (Lipinski definition) is 4. The molecular formula is C17H23N3O. The van der Waals surface area contributed by atoms with Crippen molar-refractivity contribution >= 4 is 0 Å². The fourth-order valence-electron chi connectivity index (χ4n) is 3.22. The second-order valence-corrected chi connectivity index (χ2v) is 6.04. The van der Waals surface area contributed by atoms with E-state index >= 15 is 0 Å². The van der Waals surface area contributed by atoms with Crippen LogP contribution in [0.4, 0.5) is 0 Å². The second-order valence-electron chi connectivity index (χ2n) is 6.04. The molecule has 2 aromatic rings. The van der Waals surface area contributed by atoms with Gasteiger partial charge in [-0.15, -0.1) is 0 Å². The summed E-state index contributed by atoms with van der Waals surface area (Å²) in [5.74, 6) is 1.53. The molecule has 0 saturated heterocycles. The van der Waals surface area contributed by atoms with E-state index in [0.717, 1.165) is 32.1 Å². The predicted molar refractivity (Wildman–Crippen MR) is 81.8 cm³/mol. The smallest absolute Gasteiger partial charge is 0.234 e. The zero-order valence-electron chi connectivity index (χ0n) is 12.6. The highest BCUT2D eigenvalue weighted by atomic mass is 16.5. The largest absolute Gasteiger partial charge is 0.339 e. The molecule has 1 aliphatic rings. The minimum atomic E-state index is -0.394. The predicted octanol–water partition coefficient (Wildman–Crippen LogP) is 3.73. The van der Waals surface area contributed by atoms with Crippen molar-refractivity contribution in [2.45, 2.75) is 56.9 Å². The monoisotopic (exact) mass is 285 g/mol. The van der Waals surface area contributed by atoms with Gasteiger partial charge in [0.2, 0.25) is 5.89 Å². The van der Waals surface area contributed by atoms with Crippen molar-refractivity contribution in [3.63, 3.8) is 0 Å². The first-order valence-corrected chi connectivity index (χ1v) is 7.91. The molecule has 0 spiro atoms. The van der Waals surface area contributed by atoms with E-state index in [1.54, 1.807) is 0 Å². The van der Waals surface area contributed by atoms with Gasteiger partial charge in [-0.2, -0.15) is 4.98 Å². The van der Waals surface area contributed by atoms with Crippen LogP contribution in [0, 0.1) is 0 Å². The molecule has 0 bridgehead atoms. The van der Waals surface area contributed by atoms with E-state index in [-0.39, 0.29) is 5.92 Å². The summed E-state index contributed by atoms with van der Waals surface area (Å²) >= 11 is 0. The first-order valence-electron chi connectivity index (χ1n) is 7.91. The molecule has 1 fully saturated rings. The maximum absolute atomic E-state index is 6.49. The maximum atomic E-state index is 6.49. The van der Waals surface area contributed by atoms with Gasteiger partial charge in [-0.1, -0.05) is 61.7 Å². The molecule has 1 atom stereocenters. The highest BCUT2D eigenvalue weighted by Gasteiger charge is 2.35. The molecule has 1 aromatic carbocycles. The van der Waals surface area contributed by atoms with Crippen LogP contribution in [-0.2, 0) is 5.54 Å². The second kappa shape index (κ2) is 5.98. The summed E-state index contributed by atoms with van der Waals surface area (Å²) in [4.78, 5) is 4.65. The third-order valence-corrected chi connectivity index (χ3v) is 4.54. The van der Waals surface area contributed by atoms with E-state index in [9.17, 15) is 0 Å². The average Bonchev–Trinajstić information content (AvgIpc) is 3.00. The van der Waals surface area contributed by atoms with Crippen molar-refractivity contribution in [3.8, 4) is 0 Å². The lowest BCUT2D eigenvalue weighted by Crippen LogP contribution is -2.39. The van der Waals surface area contributed by atoms with Crippen LogP contribution in [0.1, 0.15) is 68.6 Å². The number of nitrogens with zero attached hydrogens (tertiary/aromatic N) is 2. The first-order chi connectivity index (χ1) is 10.2. The molecule has 1 saturated carbocycles. The summed E-state index contributed by atoms with van der Waals surface area (Å²) in [6.45, 7) is 2.14. The molecule has 21 heavy (non-hydrogen) atoms. The Labute approximate surface area is 125 Å². The van der Waals surface area contributed by atoms with Gasteiger partial charge in [-0.3, -0.25) is 0 Å². The fourth-order valence-corrected chi connectivity index (χ4v) is 3.22. The molecule has 1 heterocycles. The Kier molecular flexibility index (Phi) is 4.06. The Hall–Kier alpha value is -1.68. The lowest BCUT2D eigenvalue weighted by Gasteiger charge is -2.29. The summed E-state index contributed by atoms with van der Waals surface area (Å²) in [5, 5.41) is 4.19. The number of hydrogen-bond donors (Lipinski definition) is 1. The standard InChI is InChI=1S/C17H23N3O/c1-2-14(13-9-5-3-6-10-13)15-19-16(20-21-15)17(18)11-7-4-8-12-17/h3,5-6,9-10,14H,2,4,7-8,11-12,18H2,1H3. The normalized spacial score (nSPS) is 19.3. The van der Waals surface area contributed by atoms with Gasteiger partial charge in [0.15, 0.2) is 5.82 Å². The number of rotatable bonds is 4. The van der Waals surface area contributed by atoms with Gasteiger partial charge in [-0.25, -0.2) is 0 Å². The van der Waals surface area contributed by atoms with E-state index in [1.807, 2.05) is 18.2 Å². The first kappa shape index (κ1) is 14.3. The molecule has 0 radical (unpaired) electrons. The Morgan fingerprint density at radius 3 is 2.57 bits per heavy atom. The van der Waals surface area contributed by atoms with Crippen LogP contribution >= 0.6 is 0 Å². The van der Waals surface area contributed by atoms with Gasteiger partial charge in [-0.05, 0) is 24.8 Å². The minimum Gasteiger partial charge on any atom is -0.339 e. The summed E-state index contributed by atoms with van der Waals surface area (Å²) < 4.78 is 5.55. The van der Waals surface area contributed by atoms with Gasteiger partial charge in [0, 0.05) is 0 Å². The Balaban J connectivity index is 1.86. The Morgan fingerprint density at radius 1 is 1.19 bits per heavy atom. The van der Waals surface area contributed by atoms with Crippen LogP contribution in [-0.4, -0.2) is 10.1 Å². The molecule has 112 valence electrons. The summed E-state index contributed by atoms with van der Waals surface area (Å²) in [5.41, 5.74) is 7.31. The van der Waals surface area contributed by atoms with E-state index in [1.165, 1.54) is 12.0 Å². The van der Waals surface area contributed by atoms with Gasteiger partial charge >= 0.3 is 0 Å². The quantitative estimate of drug-likeness (QED) is 0.929. The van der Waals surface area contributed by atoms with Crippen molar-refractivity contribution in [1.29, 1.82) is 0 Å². The van der Waals surface area contributed by atoms with E-state index in [4.69, 9.17) is 10.3 Å². The lowest BCUT2D eigenvalue weighted by atomic mass is 9.82. The number of nitrogens with two attached hydrogens (primary N) is 1. The number of aromatic nitrogens is 2. The average molecular weight is 285 g/mol. The highest BCUT2D eigenvalue weighted by Crippen LogP contribution is 2.34. The molecule has 3 rings (SSSR count). The zero-order chi connectivity index (χ0) is 14.7. The lowest BCUT2D eigenvalue weighted by molar-refractivity contribution is 0.272. The minimum absolute atomic E-state index is 0.152. The molecule has 0 amide bonds. The maximum Gasteiger partial charge on any atom is 0.234 e. The third kappa shape index (κ3) is 2.86. The van der Waals surface area contributed by atoms with Crippen LogP contribution < -0.4 is 5.73 Å². The van der Waals surface area contributed by atoms with Crippen LogP contribution in [0.2, 0.25) is 0 Å². The van der Waals surface area contributed by atoms with Gasteiger partial charge in [0.05, 0.1) is 11.5 Å². The summed E-state index contributed by atoms with van der Waals surface area (Å²) in [6, 6.07) is 10.3. The molecule has 2 N–H and O–H groups in total. The topological polar surface area (TPSA) is 64.9 Å². The zero-order valence-corrected chi connectivity index (χ0v) is 12.6. The molecule has 1 unspecified atom stereocenters. The molecule has 4 heteroatoms. The van der Waals surface area contributed by atoms with Crippen LogP contribution in [0.3, 0.4) is 0 Å². The number of benzene rings is 1. The van der Waals surface area contributed by atoms with Gasteiger partial charge in [0.25, 0.3) is 0 Å². The van der Waals surface area contributed by atoms with Crippen molar-refractivity contribution in [2.75, 3.05) is 0 Å². The molecule has 1 aromatic heterocycles. The summed E-state index contributed by atoms with van der Waals surface area (Å²) in [7, 11) is 0. The summed E-state index contributed by atoms with van der Waals surface area (Å²) in [6.07, 6.45) is 6.39. The fraction of sp³-hybridized carbons (Fsp3) is 0.529. The Bertz CT molecular complexity index is 573.